The Bertz CT molecular complexity index is 650. The number of fused-ring (bicyclic) bond motifs is 1. The molecule has 3 N–H and O–H groups in total. The molecule has 20 heavy (non-hydrogen) atoms. The highest BCUT2D eigenvalue weighted by molar-refractivity contribution is 6.04. The molecule has 2 unspecified atom stereocenters. The van der Waals surface area contributed by atoms with Crippen LogP contribution >= 0.6 is 0 Å². The molecule has 3 heteroatoms. The molecule has 2 aromatic carbocycles. The van der Waals surface area contributed by atoms with Crippen LogP contribution in [0.15, 0.2) is 36.4 Å². The van der Waals surface area contributed by atoms with Gasteiger partial charge in [-0.05, 0) is 41.7 Å². The maximum atomic E-state index is 12.4. The standard InChI is InChI=1S/C17H20N2O/c1-11-5-4-8-16(11)19-17(20)14-9-12-6-2-3-7-13(12)10-15(14)18/h2-3,6-7,9-11,16H,4-5,8,18H2,1H3,(H,19,20). The normalized spacial score (nSPS) is 22.1. The zero-order valence-electron chi connectivity index (χ0n) is 11.7. The lowest BCUT2D eigenvalue weighted by atomic mass is 10.0. The van der Waals surface area contributed by atoms with E-state index in [0.29, 0.717) is 17.2 Å². The number of rotatable bonds is 2. The van der Waals surface area contributed by atoms with Crippen LogP contribution in [0.5, 0.6) is 0 Å². The minimum Gasteiger partial charge on any atom is -0.398 e. The Morgan fingerprint density at radius 3 is 2.55 bits per heavy atom. The van der Waals surface area contributed by atoms with E-state index in [9.17, 15) is 4.79 Å². The first-order valence-electron chi connectivity index (χ1n) is 7.24. The van der Waals surface area contributed by atoms with E-state index in [-0.39, 0.29) is 11.9 Å². The second-order valence-electron chi connectivity index (χ2n) is 5.77. The van der Waals surface area contributed by atoms with E-state index >= 15 is 0 Å². The van der Waals surface area contributed by atoms with Crippen LogP contribution in [0, 0.1) is 5.92 Å². The summed E-state index contributed by atoms with van der Waals surface area (Å²) in [6.07, 6.45) is 3.46. The van der Waals surface area contributed by atoms with Gasteiger partial charge in [-0.25, -0.2) is 0 Å². The molecule has 1 aliphatic carbocycles. The third kappa shape index (κ3) is 2.36. The molecule has 0 saturated heterocycles. The predicted molar refractivity (Wildman–Crippen MR) is 82.6 cm³/mol. The lowest BCUT2D eigenvalue weighted by molar-refractivity contribution is 0.0930. The molecule has 3 rings (SSSR count). The van der Waals surface area contributed by atoms with Crippen LogP contribution < -0.4 is 11.1 Å². The monoisotopic (exact) mass is 268 g/mol. The molecular weight excluding hydrogens is 248 g/mol. The van der Waals surface area contributed by atoms with Crippen molar-refractivity contribution in [2.24, 2.45) is 5.92 Å². The van der Waals surface area contributed by atoms with Crippen LogP contribution in [0.3, 0.4) is 0 Å². The summed E-state index contributed by atoms with van der Waals surface area (Å²) in [7, 11) is 0. The first kappa shape index (κ1) is 13.0. The van der Waals surface area contributed by atoms with Gasteiger partial charge in [-0.2, -0.15) is 0 Å². The van der Waals surface area contributed by atoms with Gasteiger partial charge in [0.25, 0.3) is 5.91 Å². The van der Waals surface area contributed by atoms with E-state index in [0.717, 1.165) is 17.2 Å². The van der Waals surface area contributed by atoms with E-state index in [4.69, 9.17) is 5.73 Å². The second kappa shape index (κ2) is 5.16. The molecule has 1 aliphatic rings. The number of anilines is 1. The molecule has 104 valence electrons. The number of hydrogen-bond acceptors (Lipinski definition) is 2. The molecule has 1 saturated carbocycles. The van der Waals surface area contributed by atoms with Crippen LogP contribution in [0.1, 0.15) is 36.5 Å². The number of nitrogens with two attached hydrogens (primary N) is 1. The average Bonchev–Trinajstić information content (AvgIpc) is 2.83. The predicted octanol–water partition coefficient (Wildman–Crippen LogP) is 3.34. The summed E-state index contributed by atoms with van der Waals surface area (Å²) in [6.45, 7) is 2.20. The van der Waals surface area contributed by atoms with Crippen LogP contribution in [-0.2, 0) is 0 Å². The van der Waals surface area contributed by atoms with Crippen molar-refractivity contribution in [3.63, 3.8) is 0 Å². The topological polar surface area (TPSA) is 55.1 Å². The molecule has 0 bridgehead atoms. The van der Waals surface area contributed by atoms with Crippen molar-refractivity contribution in [1.29, 1.82) is 0 Å². The summed E-state index contributed by atoms with van der Waals surface area (Å²) < 4.78 is 0. The Labute approximate surface area is 119 Å². The summed E-state index contributed by atoms with van der Waals surface area (Å²) in [5, 5.41) is 5.24. The SMILES string of the molecule is CC1CCCC1NC(=O)c1cc2ccccc2cc1N. The smallest absolute Gasteiger partial charge is 0.253 e. The molecule has 0 aliphatic heterocycles. The molecule has 0 heterocycles. The first-order valence-corrected chi connectivity index (χ1v) is 7.24. The fraction of sp³-hybridized carbons (Fsp3) is 0.353. The molecule has 0 radical (unpaired) electrons. The van der Waals surface area contributed by atoms with Crippen molar-refractivity contribution in [1.82, 2.24) is 5.32 Å². The van der Waals surface area contributed by atoms with Crippen molar-refractivity contribution in [3.8, 4) is 0 Å². The lowest BCUT2D eigenvalue weighted by Gasteiger charge is -2.18. The fourth-order valence-electron chi connectivity index (χ4n) is 3.06. The van der Waals surface area contributed by atoms with Crippen LogP contribution in [0.2, 0.25) is 0 Å². The highest BCUT2D eigenvalue weighted by Gasteiger charge is 2.25. The molecule has 1 fully saturated rings. The van der Waals surface area contributed by atoms with E-state index in [1.54, 1.807) is 0 Å². The third-order valence-corrected chi connectivity index (χ3v) is 4.34. The van der Waals surface area contributed by atoms with E-state index < -0.39 is 0 Å². The van der Waals surface area contributed by atoms with Crippen molar-refractivity contribution in [2.45, 2.75) is 32.2 Å². The maximum absolute atomic E-state index is 12.4. The Morgan fingerprint density at radius 1 is 1.20 bits per heavy atom. The van der Waals surface area contributed by atoms with Crippen LogP contribution in [0.25, 0.3) is 10.8 Å². The van der Waals surface area contributed by atoms with E-state index in [1.165, 1.54) is 12.8 Å². The summed E-state index contributed by atoms with van der Waals surface area (Å²) >= 11 is 0. The van der Waals surface area contributed by atoms with Crippen LogP contribution in [0.4, 0.5) is 5.69 Å². The molecule has 1 amide bonds. The summed E-state index contributed by atoms with van der Waals surface area (Å²) in [5.41, 5.74) is 7.17. The Balaban J connectivity index is 1.89. The zero-order chi connectivity index (χ0) is 14.1. The number of hydrogen-bond donors (Lipinski definition) is 2. The summed E-state index contributed by atoms with van der Waals surface area (Å²) in [5.74, 6) is 0.507. The first-order chi connectivity index (χ1) is 9.65. The number of benzene rings is 2. The Morgan fingerprint density at radius 2 is 1.90 bits per heavy atom. The number of amides is 1. The second-order valence-corrected chi connectivity index (χ2v) is 5.77. The zero-order valence-corrected chi connectivity index (χ0v) is 11.7. The van der Waals surface area contributed by atoms with Gasteiger partial charge in [-0.3, -0.25) is 4.79 Å². The minimum absolute atomic E-state index is 0.0491. The van der Waals surface area contributed by atoms with E-state index in [2.05, 4.69) is 12.2 Å². The van der Waals surface area contributed by atoms with Crippen molar-refractivity contribution < 1.29 is 4.79 Å². The number of carbonyl (C=O) groups excluding carboxylic acids is 1. The van der Waals surface area contributed by atoms with Gasteiger partial charge in [0.05, 0.1) is 5.56 Å². The average molecular weight is 268 g/mol. The molecule has 3 nitrogen and oxygen atoms in total. The molecule has 0 aromatic heterocycles. The minimum atomic E-state index is -0.0491. The quantitative estimate of drug-likeness (QED) is 0.821. The Kier molecular flexibility index (Phi) is 3.35. The van der Waals surface area contributed by atoms with Gasteiger partial charge in [0.15, 0.2) is 0 Å². The van der Waals surface area contributed by atoms with Crippen LogP contribution in [-0.4, -0.2) is 11.9 Å². The summed E-state index contributed by atoms with van der Waals surface area (Å²) in [6, 6.07) is 12.0. The van der Waals surface area contributed by atoms with Crippen molar-refractivity contribution in [3.05, 3.63) is 42.0 Å². The molecule has 2 aromatic rings. The number of carbonyl (C=O) groups is 1. The van der Waals surface area contributed by atoms with E-state index in [1.807, 2.05) is 36.4 Å². The number of nitrogen functional groups attached to an aromatic ring is 1. The highest BCUT2D eigenvalue weighted by Crippen LogP contribution is 2.26. The van der Waals surface area contributed by atoms with Gasteiger partial charge >= 0.3 is 0 Å². The molecule has 0 spiro atoms. The molecule has 2 atom stereocenters. The Hall–Kier alpha value is -2.03. The highest BCUT2D eigenvalue weighted by atomic mass is 16.1. The third-order valence-electron chi connectivity index (χ3n) is 4.34. The van der Waals surface area contributed by atoms with Gasteiger partial charge in [0.2, 0.25) is 0 Å². The molecular formula is C17H20N2O. The number of nitrogens with one attached hydrogen (secondary N) is 1. The van der Waals surface area contributed by atoms with Crippen molar-refractivity contribution in [2.75, 3.05) is 5.73 Å². The van der Waals surface area contributed by atoms with Gasteiger partial charge in [0.1, 0.15) is 0 Å². The fourth-order valence-corrected chi connectivity index (χ4v) is 3.06. The van der Waals surface area contributed by atoms with Gasteiger partial charge in [-0.1, -0.05) is 37.6 Å². The lowest BCUT2D eigenvalue weighted by Crippen LogP contribution is -2.36. The maximum Gasteiger partial charge on any atom is 0.253 e. The van der Waals surface area contributed by atoms with Crippen molar-refractivity contribution >= 4 is 22.4 Å². The van der Waals surface area contributed by atoms with Gasteiger partial charge < -0.3 is 11.1 Å². The summed E-state index contributed by atoms with van der Waals surface area (Å²) in [4.78, 5) is 12.4. The van der Waals surface area contributed by atoms with Gasteiger partial charge in [-0.15, -0.1) is 0 Å². The largest absolute Gasteiger partial charge is 0.398 e. The van der Waals surface area contributed by atoms with Gasteiger partial charge in [0, 0.05) is 11.7 Å².